The zero-order valence-corrected chi connectivity index (χ0v) is 21.4. The molecule has 0 atom stereocenters. The summed E-state index contributed by atoms with van der Waals surface area (Å²) in [5.74, 6) is 1.25. The third kappa shape index (κ3) is 6.72. The Labute approximate surface area is 218 Å². The van der Waals surface area contributed by atoms with Gasteiger partial charge in [0.2, 0.25) is 0 Å². The van der Waals surface area contributed by atoms with E-state index in [-0.39, 0.29) is 17.6 Å². The van der Waals surface area contributed by atoms with Crippen LogP contribution in [0.2, 0.25) is 10.0 Å². The Morgan fingerprint density at radius 3 is 2.49 bits per heavy atom. The van der Waals surface area contributed by atoms with E-state index in [4.69, 9.17) is 44.6 Å². The highest BCUT2D eigenvalue weighted by atomic mass is 35.5. The summed E-state index contributed by atoms with van der Waals surface area (Å²) in [6.07, 6.45) is 0.486. The van der Waals surface area contributed by atoms with Gasteiger partial charge >= 0.3 is 0 Å². The van der Waals surface area contributed by atoms with Crippen LogP contribution in [0.5, 0.6) is 5.75 Å². The second-order valence-corrected chi connectivity index (χ2v) is 9.48. The van der Waals surface area contributed by atoms with Gasteiger partial charge in [-0.25, -0.2) is 4.98 Å². The summed E-state index contributed by atoms with van der Waals surface area (Å²) in [7, 11) is 0. The van der Waals surface area contributed by atoms with E-state index in [1.807, 2.05) is 48.5 Å². The van der Waals surface area contributed by atoms with E-state index in [0.717, 1.165) is 11.3 Å². The van der Waals surface area contributed by atoms with Crippen LogP contribution in [0.15, 0.2) is 65.1 Å². The van der Waals surface area contributed by atoms with Gasteiger partial charge in [-0.2, -0.15) is 0 Å². The van der Waals surface area contributed by atoms with Gasteiger partial charge in [0.1, 0.15) is 11.3 Å². The molecule has 2 N–H and O–H groups in total. The number of hydrogen-bond acceptors (Lipinski definition) is 5. The van der Waals surface area contributed by atoms with E-state index in [9.17, 15) is 4.79 Å². The van der Waals surface area contributed by atoms with E-state index >= 15 is 0 Å². The lowest BCUT2D eigenvalue weighted by Gasteiger charge is -2.11. The lowest BCUT2D eigenvalue weighted by atomic mass is 10.0. The van der Waals surface area contributed by atoms with E-state index in [2.05, 4.69) is 29.5 Å². The number of nitrogens with zero attached hydrogens (tertiary/aromatic N) is 1. The van der Waals surface area contributed by atoms with Gasteiger partial charge in [0, 0.05) is 17.1 Å². The number of fused-ring (bicyclic) bond motifs is 1. The zero-order valence-electron chi connectivity index (χ0n) is 19.1. The van der Waals surface area contributed by atoms with E-state index in [1.165, 1.54) is 5.56 Å². The van der Waals surface area contributed by atoms with Gasteiger partial charge in [-0.3, -0.25) is 10.1 Å². The van der Waals surface area contributed by atoms with Crippen molar-refractivity contribution >= 4 is 63.2 Å². The van der Waals surface area contributed by atoms with E-state index in [0.29, 0.717) is 45.1 Å². The number of carbonyl (C=O) groups excluding carboxylic acids is 1. The monoisotopic (exact) mass is 527 g/mol. The van der Waals surface area contributed by atoms with Crippen LogP contribution in [0.25, 0.3) is 11.1 Å². The fourth-order valence-corrected chi connectivity index (χ4v) is 4.14. The standard InChI is InChI=1S/C26H23Cl2N3O3S/c1-15(2)17-5-9-20(10-6-17)33-14-23(32)31-26(35)29-19-7-3-16(4-8-19)11-24-30-22-13-18(27)12-21(28)25(22)34-24/h3-10,12-13,15H,11,14H2,1-2H3,(H2,29,31,32,35). The molecule has 0 aliphatic heterocycles. The van der Waals surface area contributed by atoms with Crippen LogP contribution in [-0.4, -0.2) is 22.6 Å². The third-order valence-corrected chi connectivity index (χ3v) is 5.89. The average Bonchev–Trinajstić information content (AvgIpc) is 3.22. The number of benzene rings is 3. The molecule has 1 amide bonds. The number of ether oxygens (including phenoxy) is 1. The minimum atomic E-state index is -0.346. The number of thiocarbonyl (C=S) groups is 1. The SMILES string of the molecule is CC(C)c1ccc(OCC(=O)NC(=S)Nc2ccc(Cc3nc4cc(Cl)cc(Cl)c4o3)cc2)cc1. The average molecular weight is 528 g/mol. The minimum absolute atomic E-state index is 0.137. The van der Waals surface area contributed by atoms with Crippen molar-refractivity contribution in [1.82, 2.24) is 10.3 Å². The molecule has 1 heterocycles. The minimum Gasteiger partial charge on any atom is -0.484 e. The summed E-state index contributed by atoms with van der Waals surface area (Å²) in [6.45, 7) is 4.10. The molecule has 9 heteroatoms. The maximum absolute atomic E-state index is 12.2. The number of nitrogens with one attached hydrogen (secondary N) is 2. The molecular weight excluding hydrogens is 505 g/mol. The highest BCUT2D eigenvalue weighted by molar-refractivity contribution is 7.80. The first-order valence-corrected chi connectivity index (χ1v) is 12.1. The molecule has 4 aromatic rings. The lowest BCUT2D eigenvalue weighted by Crippen LogP contribution is -2.37. The second kappa shape index (κ2) is 11.1. The molecule has 0 radical (unpaired) electrons. The first-order chi connectivity index (χ1) is 16.8. The van der Waals surface area contributed by atoms with Gasteiger partial charge in [-0.1, -0.05) is 61.3 Å². The Bertz CT molecular complexity index is 1350. The molecule has 6 nitrogen and oxygen atoms in total. The number of carbonyl (C=O) groups is 1. The van der Waals surface area contributed by atoms with Gasteiger partial charge < -0.3 is 14.5 Å². The van der Waals surface area contributed by atoms with Gasteiger partial charge in [0.05, 0.1) is 5.02 Å². The molecule has 0 aliphatic rings. The zero-order chi connectivity index (χ0) is 24.9. The molecule has 180 valence electrons. The summed E-state index contributed by atoms with van der Waals surface area (Å²) in [5, 5.41) is 6.73. The van der Waals surface area contributed by atoms with Crippen molar-refractivity contribution in [1.29, 1.82) is 0 Å². The fraction of sp³-hybridized carbons (Fsp3) is 0.192. The number of amides is 1. The Balaban J connectivity index is 1.27. The first kappa shape index (κ1) is 25.0. The van der Waals surface area contributed by atoms with Crippen LogP contribution in [0, 0.1) is 0 Å². The molecule has 0 fully saturated rings. The Hall–Kier alpha value is -3.13. The number of anilines is 1. The molecule has 4 rings (SSSR count). The largest absolute Gasteiger partial charge is 0.484 e. The van der Waals surface area contributed by atoms with Crippen molar-refractivity contribution in [2.24, 2.45) is 0 Å². The first-order valence-electron chi connectivity index (χ1n) is 10.9. The summed E-state index contributed by atoms with van der Waals surface area (Å²) >= 11 is 17.4. The third-order valence-electron chi connectivity index (χ3n) is 5.19. The van der Waals surface area contributed by atoms with Crippen molar-refractivity contribution in [3.05, 3.63) is 87.7 Å². The number of oxazole rings is 1. The smallest absolute Gasteiger partial charge is 0.264 e. The molecule has 0 saturated carbocycles. The van der Waals surface area contributed by atoms with E-state index < -0.39 is 0 Å². The molecule has 35 heavy (non-hydrogen) atoms. The van der Waals surface area contributed by atoms with Gasteiger partial charge in [0.25, 0.3) is 5.91 Å². The van der Waals surface area contributed by atoms with Crippen molar-refractivity contribution in [2.45, 2.75) is 26.2 Å². The van der Waals surface area contributed by atoms with Crippen molar-refractivity contribution in [3.8, 4) is 5.75 Å². The Kier molecular flexibility index (Phi) is 7.90. The molecule has 0 unspecified atom stereocenters. The number of aromatic nitrogens is 1. The normalized spacial score (nSPS) is 11.0. The highest BCUT2D eigenvalue weighted by Crippen LogP contribution is 2.29. The maximum Gasteiger partial charge on any atom is 0.264 e. The summed E-state index contributed by atoms with van der Waals surface area (Å²) in [5.41, 5.74) is 4.06. The van der Waals surface area contributed by atoms with E-state index in [1.54, 1.807) is 12.1 Å². The van der Waals surface area contributed by atoms with Crippen molar-refractivity contribution in [3.63, 3.8) is 0 Å². The van der Waals surface area contributed by atoms with Gasteiger partial charge in [0.15, 0.2) is 23.2 Å². The van der Waals surface area contributed by atoms with Crippen LogP contribution < -0.4 is 15.4 Å². The Morgan fingerprint density at radius 2 is 1.80 bits per heavy atom. The molecule has 0 spiro atoms. The van der Waals surface area contributed by atoms with Crippen LogP contribution in [0.3, 0.4) is 0 Å². The quantitative estimate of drug-likeness (QED) is 0.259. The molecule has 3 aromatic carbocycles. The number of hydrogen-bond donors (Lipinski definition) is 2. The highest BCUT2D eigenvalue weighted by Gasteiger charge is 2.12. The van der Waals surface area contributed by atoms with Crippen LogP contribution in [0.1, 0.15) is 36.8 Å². The maximum atomic E-state index is 12.2. The van der Waals surface area contributed by atoms with Gasteiger partial charge in [-0.15, -0.1) is 0 Å². The second-order valence-electron chi connectivity index (χ2n) is 8.23. The van der Waals surface area contributed by atoms with Crippen LogP contribution >= 0.6 is 35.4 Å². The van der Waals surface area contributed by atoms with Crippen LogP contribution in [0.4, 0.5) is 5.69 Å². The summed E-state index contributed by atoms with van der Waals surface area (Å²) in [6, 6.07) is 18.6. The summed E-state index contributed by atoms with van der Waals surface area (Å²) < 4.78 is 11.3. The predicted molar refractivity (Wildman–Crippen MR) is 144 cm³/mol. The molecule has 0 aliphatic carbocycles. The molecule has 1 aromatic heterocycles. The number of halogens is 2. The van der Waals surface area contributed by atoms with Crippen molar-refractivity contribution in [2.75, 3.05) is 11.9 Å². The topological polar surface area (TPSA) is 76.4 Å². The van der Waals surface area contributed by atoms with Gasteiger partial charge in [-0.05, 0) is 65.7 Å². The Morgan fingerprint density at radius 1 is 1.09 bits per heavy atom. The molecular formula is C26H23Cl2N3O3S. The number of rotatable bonds is 7. The molecule has 0 bridgehead atoms. The summed E-state index contributed by atoms with van der Waals surface area (Å²) in [4.78, 5) is 16.6. The lowest BCUT2D eigenvalue weighted by molar-refractivity contribution is -0.121. The molecule has 0 saturated heterocycles. The van der Waals surface area contributed by atoms with Crippen molar-refractivity contribution < 1.29 is 13.9 Å². The van der Waals surface area contributed by atoms with Crippen LogP contribution in [-0.2, 0) is 11.2 Å². The fourth-order valence-electron chi connectivity index (χ4n) is 3.38. The predicted octanol–water partition coefficient (Wildman–Crippen LogP) is 6.74.